The van der Waals surface area contributed by atoms with Crippen LogP contribution in [-0.2, 0) is 6.54 Å². The molecule has 1 N–H and O–H groups in total. The Labute approximate surface area is 116 Å². The predicted octanol–water partition coefficient (Wildman–Crippen LogP) is 0.248. The Hall–Kier alpha value is -1.79. The topological polar surface area (TPSA) is 71.2 Å². The first-order chi connectivity index (χ1) is 9.57. The molecule has 0 aliphatic carbocycles. The van der Waals surface area contributed by atoms with Crippen molar-refractivity contribution < 1.29 is 5.11 Å². The van der Waals surface area contributed by atoms with Crippen molar-refractivity contribution in [2.45, 2.75) is 25.0 Å². The molecular formula is C14H18N4O2. The Morgan fingerprint density at radius 2 is 2.10 bits per heavy atom. The van der Waals surface area contributed by atoms with Crippen LogP contribution in [0.1, 0.15) is 12.8 Å². The third-order valence-corrected chi connectivity index (χ3v) is 3.97. The van der Waals surface area contributed by atoms with Crippen LogP contribution in [0.25, 0.3) is 11.0 Å². The van der Waals surface area contributed by atoms with E-state index in [9.17, 15) is 9.90 Å². The Bertz CT molecular complexity index is 674. The van der Waals surface area contributed by atoms with Gasteiger partial charge in [0.15, 0.2) is 5.52 Å². The van der Waals surface area contributed by atoms with Gasteiger partial charge in [0.2, 0.25) is 0 Å². The average Bonchev–Trinajstić information content (AvgIpc) is 2.46. The lowest BCUT2D eigenvalue weighted by atomic mass is 9.91. The molecule has 0 saturated carbocycles. The van der Waals surface area contributed by atoms with Crippen LogP contribution in [0, 0.1) is 0 Å². The first-order valence-corrected chi connectivity index (χ1v) is 6.79. The van der Waals surface area contributed by atoms with E-state index < -0.39 is 5.60 Å². The molecule has 0 amide bonds. The highest BCUT2D eigenvalue weighted by Gasteiger charge is 2.32. The van der Waals surface area contributed by atoms with Crippen LogP contribution in [0.4, 0.5) is 0 Å². The van der Waals surface area contributed by atoms with Crippen LogP contribution < -0.4 is 5.56 Å². The predicted molar refractivity (Wildman–Crippen MR) is 75.5 cm³/mol. The maximum atomic E-state index is 12.3. The maximum Gasteiger partial charge on any atom is 0.279 e. The van der Waals surface area contributed by atoms with E-state index >= 15 is 0 Å². The molecule has 2 aromatic rings. The maximum absolute atomic E-state index is 12.3. The summed E-state index contributed by atoms with van der Waals surface area (Å²) in [5.41, 5.74) is -0.0842. The number of rotatable bonds is 2. The second-order valence-corrected chi connectivity index (χ2v) is 5.58. The molecule has 0 radical (unpaired) electrons. The Morgan fingerprint density at radius 3 is 2.85 bits per heavy atom. The van der Waals surface area contributed by atoms with Gasteiger partial charge in [-0.1, -0.05) is 0 Å². The molecule has 1 aliphatic heterocycles. The average molecular weight is 274 g/mol. The lowest BCUT2D eigenvalue weighted by molar-refractivity contribution is -0.0298. The summed E-state index contributed by atoms with van der Waals surface area (Å²) < 4.78 is 1.47. The monoisotopic (exact) mass is 274 g/mol. The number of hydrogen-bond donors (Lipinski definition) is 1. The lowest BCUT2D eigenvalue weighted by Crippen LogP contribution is -2.47. The van der Waals surface area contributed by atoms with E-state index in [1.807, 2.05) is 7.05 Å². The Morgan fingerprint density at radius 1 is 1.35 bits per heavy atom. The van der Waals surface area contributed by atoms with Gasteiger partial charge in [0.1, 0.15) is 0 Å². The van der Waals surface area contributed by atoms with Gasteiger partial charge < -0.3 is 10.0 Å². The zero-order valence-corrected chi connectivity index (χ0v) is 11.5. The molecular weight excluding hydrogens is 256 g/mol. The number of aromatic nitrogens is 3. The van der Waals surface area contributed by atoms with Crippen molar-refractivity contribution in [3.8, 4) is 0 Å². The quantitative estimate of drug-likeness (QED) is 0.850. The molecule has 2 aromatic heterocycles. The summed E-state index contributed by atoms with van der Waals surface area (Å²) in [5, 5.41) is 10.6. The van der Waals surface area contributed by atoms with E-state index in [0.29, 0.717) is 23.9 Å². The third kappa shape index (κ3) is 2.44. The summed E-state index contributed by atoms with van der Waals surface area (Å²) in [6.45, 7) is 1.95. The van der Waals surface area contributed by atoms with E-state index in [1.54, 1.807) is 18.3 Å². The highest BCUT2D eigenvalue weighted by molar-refractivity contribution is 5.71. The van der Waals surface area contributed by atoms with Gasteiger partial charge in [0.25, 0.3) is 5.56 Å². The van der Waals surface area contributed by atoms with Crippen molar-refractivity contribution >= 4 is 11.0 Å². The van der Waals surface area contributed by atoms with Crippen molar-refractivity contribution in [3.63, 3.8) is 0 Å². The number of pyridine rings is 1. The number of hydrogen-bond acceptors (Lipinski definition) is 5. The number of piperidine rings is 1. The summed E-state index contributed by atoms with van der Waals surface area (Å²) in [6.07, 6.45) is 4.41. The van der Waals surface area contributed by atoms with Crippen molar-refractivity contribution in [2.24, 2.45) is 0 Å². The van der Waals surface area contributed by atoms with E-state index in [2.05, 4.69) is 14.9 Å². The van der Waals surface area contributed by atoms with E-state index in [4.69, 9.17) is 0 Å². The van der Waals surface area contributed by atoms with Crippen LogP contribution in [0.3, 0.4) is 0 Å². The molecule has 3 heterocycles. The van der Waals surface area contributed by atoms with Gasteiger partial charge in [-0.05, 0) is 32.0 Å². The minimum atomic E-state index is -0.833. The minimum Gasteiger partial charge on any atom is -0.388 e. The molecule has 0 atom stereocenters. The van der Waals surface area contributed by atoms with Crippen LogP contribution in [0.5, 0.6) is 0 Å². The second-order valence-electron chi connectivity index (χ2n) is 5.58. The zero-order valence-electron chi connectivity index (χ0n) is 11.5. The normalized spacial score (nSPS) is 19.3. The van der Waals surface area contributed by atoms with Crippen molar-refractivity contribution in [1.29, 1.82) is 0 Å². The third-order valence-electron chi connectivity index (χ3n) is 3.97. The van der Waals surface area contributed by atoms with Gasteiger partial charge in [-0.3, -0.25) is 9.36 Å². The van der Waals surface area contributed by atoms with Crippen molar-refractivity contribution in [3.05, 3.63) is 35.0 Å². The molecule has 0 spiro atoms. The molecule has 20 heavy (non-hydrogen) atoms. The van der Waals surface area contributed by atoms with Crippen LogP contribution in [0.2, 0.25) is 0 Å². The standard InChI is InChI=1S/C14H18N4O2/c1-17-7-4-14(20,5-8-17)9-18-10-16-11-3-2-6-15-12(11)13(18)19/h2-3,6,10,20H,4-5,7-9H2,1H3. The van der Waals surface area contributed by atoms with Crippen LogP contribution in [0.15, 0.2) is 29.5 Å². The lowest BCUT2D eigenvalue weighted by Gasteiger charge is -2.36. The van der Waals surface area contributed by atoms with Crippen LogP contribution >= 0.6 is 0 Å². The number of likely N-dealkylation sites (tertiary alicyclic amines) is 1. The van der Waals surface area contributed by atoms with E-state index in [0.717, 1.165) is 13.1 Å². The van der Waals surface area contributed by atoms with Gasteiger partial charge in [-0.25, -0.2) is 9.97 Å². The van der Waals surface area contributed by atoms with Gasteiger partial charge in [-0.15, -0.1) is 0 Å². The SMILES string of the molecule is CN1CCC(O)(Cn2cnc3cccnc3c2=O)CC1. The van der Waals surface area contributed by atoms with Gasteiger partial charge in [-0.2, -0.15) is 0 Å². The molecule has 0 unspecified atom stereocenters. The highest BCUT2D eigenvalue weighted by atomic mass is 16.3. The van der Waals surface area contributed by atoms with Gasteiger partial charge in [0, 0.05) is 19.3 Å². The molecule has 0 bridgehead atoms. The summed E-state index contributed by atoms with van der Waals surface area (Å²) in [4.78, 5) is 22.8. The fraction of sp³-hybridized carbons (Fsp3) is 0.500. The van der Waals surface area contributed by atoms with Crippen LogP contribution in [-0.4, -0.2) is 50.3 Å². The molecule has 0 aromatic carbocycles. The first kappa shape index (κ1) is 13.2. The van der Waals surface area contributed by atoms with Crippen molar-refractivity contribution in [1.82, 2.24) is 19.4 Å². The molecule has 106 valence electrons. The Kier molecular flexibility index (Phi) is 3.27. The molecule has 1 saturated heterocycles. The van der Waals surface area contributed by atoms with E-state index in [-0.39, 0.29) is 12.1 Å². The first-order valence-electron chi connectivity index (χ1n) is 6.79. The molecule has 6 heteroatoms. The zero-order chi connectivity index (χ0) is 14.2. The smallest absolute Gasteiger partial charge is 0.279 e. The fourth-order valence-corrected chi connectivity index (χ4v) is 2.61. The summed E-state index contributed by atoms with van der Waals surface area (Å²) >= 11 is 0. The fourth-order valence-electron chi connectivity index (χ4n) is 2.61. The highest BCUT2D eigenvalue weighted by Crippen LogP contribution is 2.22. The molecule has 3 rings (SSSR count). The number of nitrogens with zero attached hydrogens (tertiary/aromatic N) is 4. The van der Waals surface area contributed by atoms with Gasteiger partial charge in [0.05, 0.1) is 24.0 Å². The molecule has 1 aliphatic rings. The minimum absolute atomic E-state index is 0.192. The summed E-state index contributed by atoms with van der Waals surface area (Å²) in [6, 6.07) is 3.52. The summed E-state index contributed by atoms with van der Waals surface area (Å²) in [5.74, 6) is 0. The number of fused-ring (bicyclic) bond motifs is 1. The van der Waals surface area contributed by atoms with Crippen molar-refractivity contribution in [2.75, 3.05) is 20.1 Å². The molecule has 1 fully saturated rings. The Balaban J connectivity index is 1.91. The number of aliphatic hydroxyl groups is 1. The molecule has 6 nitrogen and oxygen atoms in total. The van der Waals surface area contributed by atoms with E-state index in [1.165, 1.54) is 10.9 Å². The second kappa shape index (κ2) is 4.96. The summed E-state index contributed by atoms with van der Waals surface area (Å²) in [7, 11) is 2.03. The largest absolute Gasteiger partial charge is 0.388 e. The van der Waals surface area contributed by atoms with Gasteiger partial charge >= 0.3 is 0 Å².